The molecule has 3 rings (SSSR count). The van der Waals surface area contributed by atoms with Gasteiger partial charge in [-0.2, -0.15) is 0 Å². The van der Waals surface area contributed by atoms with Crippen LogP contribution in [0.1, 0.15) is 29.3 Å². The smallest absolute Gasteiger partial charge is 0.235 e. The van der Waals surface area contributed by atoms with E-state index in [1.165, 1.54) is 23.4 Å². The number of sulfonamides is 1. The first-order valence-electron chi connectivity index (χ1n) is 8.01. The van der Waals surface area contributed by atoms with Crippen molar-refractivity contribution in [2.75, 3.05) is 21.9 Å². The van der Waals surface area contributed by atoms with Crippen LogP contribution in [-0.4, -0.2) is 26.5 Å². The molecule has 1 heterocycles. The number of carbonyl (C=O) groups is 1. The van der Waals surface area contributed by atoms with Crippen molar-refractivity contribution < 1.29 is 17.6 Å². The van der Waals surface area contributed by atoms with E-state index >= 15 is 0 Å². The topological polar surface area (TPSA) is 66.5 Å². The predicted octanol–water partition coefficient (Wildman–Crippen LogP) is 3.18. The Morgan fingerprint density at radius 3 is 2.68 bits per heavy atom. The van der Waals surface area contributed by atoms with Crippen LogP contribution in [0, 0.1) is 5.82 Å². The molecule has 1 fully saturated rings. The maximum atomic E-state index is 13.8. The zero-order chi connectivity index (χ0) is 18.0. The van der Waals surface area contributed by atoms with Gasteiger partial charge in [0.05, 0.1) is 17.0 Å². The normalized spacial score (nSPS) is 16.0. The van der Waals surface area contributed by atoms with Crippen molar-refractivity contribution in [2.24, 2.45) is 0 Å². The third kappa shape index (κ3) is 3.66. The Balaban J connectivity index is 1.81. The summed E-state index contributed by atoms with van der Waals surface area (Å²) in [6, 6.07) is 11.6. The summed E-state index contributed by atoms with van der Waals surface area (Å²) >= 11 is 0. The van der Waals surface area contributed by atoms with Crippen molar-refractivity contribution in [1.82, 2.24) is 0 Å². The summed E-state index contributed by atoms with van der Waals surface area (Å²) in [5, 5.41) is 3.06. The Kier molecular flexibility index (Phi) is 4.76. The third-order valence-electron chi connectivity index (χ3n) is 4.15. The summed E-state index contributed by atoms with van der Waals surface area (Å²) in [4.78, 5) is 11.6. The number of ketones is 1. The largest absolute Gasteiger partial charge is 0.380 e. The molecule has 2 aromatic carbocycles. The van der Waals surface area contributed by atoms with Crippen LogP contribution in [0.2, 0.25) is 0 Å². The van der Waals surface area contributed by atoms with Gasteiger partial charge >= 0.3 is 0 Å². The summed E-state index contributed by atoms with van der Waals surface area (Å²) in [5.74, 6) is -0.743. The molecule has 0 spiro atoms. The van der Waals surface area contributed by atoms with Gasteiger partial charge < -0.3 is 5.32 Å². The lowest BCUT2D eigenvalue weighted by Crippen LogP contribution is -2.25. The molecule has 1 aliphatic rings. The first-order valence-corrected chi connectivity index (χ1v) is 9.62. The highest BCUT2D eigenvalue weighted by Crippen LogP contribution is 2.26. The fraction of sp³-hybridized carbons (Fsp3) is 0.278. The molecule has 0 amide bonds. The number of anilines is 2. The maximum Gasteiger partial charge on any atom is 0.235 e. The Bertz CT molecular complexity index is 912. The molecule has 0 saturated carbocycles. The molecule has 2 aromatic rings. The molecule has 1 saturated heterocycles. The van der Waals surface area contributed by atoms with Crippen LogP contribution in [0.4, 0.5) is 15.8 Å². The highest BCUT2D eigenvalue weighted by Gasteiger charge is 2.28. The van der Waals surface area contributed by atoms with Gasteiger partial charge in [0.15, 0.2) is 5.78 Å². The van der Waals surface area contributed by atoms with Crippen LogP contribution in [-0.2, 0) is 16.6 Å². The number of benzene rings is 2. The highest BCUT2D eigenvalue weighted by molar-refractivity contribution is 7.93. The summed E-state index contributed by atoms with van der Waals surface area (Å²) in [6.07, 6.45) is 0.621. The van der Waals surface area contributed by atoms with Crippen LogP contribution < -0.4 is 9.62 Å². The number of carbonyl (C=O) groups excluding carboxylic acids is 1. The number of nitrogens with one attached hydrogen (secondary N) is 1. The van der Waals surface area contributed by atoms with Crippen LogP contribution in [0.15, 0.2) is 42.5 Å². The second kappa shape index (κ2) is 6.84. The van der Waals surface area contributed by atoms with E-state index in [1.807, 2.05) is 6.07 Å². The SMILES string of the molecule is CC(=O)c1c(F)cccc1NCc1cccc(N2CCCS2(=O)=O)c1. The highest BCUT2D eigenvalue weighted by atomic mass is 32.2. The Morgan fingerprint density at radius 2 is 2.00 bits per heavy atom. The van der Waals surface area contributed by atoms with E-state index in [4.69, 9.17) is 0 Å². The fourth-order valence-electron chi connectivity index (χ4n) is 2.98. The molecule has 0 aromatic heterocycles. The minimum absolute atomic E-state index is 0.0285. The molecule has 0 bridgehead atoms. The third-order valence-corrected chi connectivity index (χ3v) is 6.02. The minimum Gasteiger partial charge on any atom is -0.380 e. The summed E-state index contributed by atoms with van der Waals surface area (Å²) in [7, 11) is -3.23. The van der Waals surface area contributed by atoms with E-state index < -0.39 is 15.8 Å². The molecule has 132 valence electrons. The molecule has 0 atom stereocenters. The fourth-order valence-corrected chi connectivity index (χ4v) is 4.53. The number of hydrogen-bond acceptors (Lipinski definition) is 4. The van der Waals surface area contributed by atoms with E-state index in [9.17, 15) is 17.6 Å². The van der Waals surface area contributed by atoms with E-state index in [0.29, 0.717) is 30.9 Å². The summed E-state index contributed by atoms with van der Waals surface area (Å²) in [6.45, 7) is 2.16. The van der Waals surface area contributed by atoms with Crippen molar-refractivity contribution >= 4 is 27.2 Å². The van der Waals surface area contributed by atoms with Crippen molar-refractivity contribution in [3.63, 3.8) is 0 Å². The Labute approximate surface area is 146 Å². The van der Waals surface area contributed by atoms with Gasteiger partial charge in [-0.1, -0.05) is 18.2 Å². The van der Waals surface area contributed by atoms with Gasteiger partial charge in [-0.25, -0.2) is 12.8 Å². The van der Waals surface area contributed by atoms with Crippen LogP contribution >= 0.6 is 0 Å². The van der Waals surface area contributed by atoms with Crippen LogP contribution in [0.25, 0.3) is 0 Å². The second-order valence-electron chi connectivity index (χ2n) is 5.98. The summed E-state index contributed by atoms with van der Waals surface area (Å²) in [5.41, 5.74) is 1.92. The van der Waals surface area contributed by atoms with E-state index in [2.05, 4.69) is 5.32 Å². The molecule has 1 N–H and O–H groups in total. The molecular weight excluding hydrogens is 343 g/mol. The van der Waals surface area contributed by atoms with Crippen molar-refractivity contribution in [3.05, 3.63) is 59.4 Å². The molecule has 0 aliphatic carbocycles. The van der Waals surface area contributed by atoms with Gasteiger partial charge in [-0.3, -0.25) is 9.10 Å². The molecule has 0 unspecified atom stereocenters. The van der Waals surface area contributed by atoms with Gasteiger partial charge in [0.2, 0.25) is 10.0 Å². The van der Waals surface area contributed by atoms with Crippen LogP contribution in [0.5, 0.6) is 0 Å². The van der Waals surface area contributed by atoms with Gasteiger partial charge in [0.25, 0.3) is 0 Å². The average molecular weight is 362 g/mol. The number of rotatable bonds is 5. The van der Waals surface area contributed by atoms with Crippen molar-refractivity contribution in [3.8, 4) is 0 Å². The van der Waals surface area contributed by atoms with Gasteiger partial charge in [0, 0.05) is 18.8 Å². The van der Waals surface area contributed by atoms with E-state index in [0.717, 1.165) is 5.56 Å². The Hall–Kier alpha value is -2.41. The molecule has 0 radical (unpaired) electrons. The molecular formula is C18H19FN2O3S. The summed E-state index contributed by atoms with van der Waals surface area (Å²) < 4.78 is 39.3. The minimum atomic E-state index is -3.23. The Morgan fingerprint density at radius 1 is 1.24 bits per heavy atom. The second-order valence-corrected chi connectivity index (χ2v) is 8.00. The first-order chi connectivity index (χ1) is 11.9. The molecule has 1 aliphatic heterocycles. The van der Waals surface area contributed by atoms with E-state index in [-0.39, 0.29) is 17.1 Å². The molecule has 7 heteroatoms. The molecule has 5 nitrogen and oxygen atoms in total. The lowest BCUT2D eigenvalue weighted by Gasteiger charge is -2.18. The maximum absolute atomic E-state index is 13.8. The number of nitrogens with zero attached hydrogens (tertiary/aromatic N) is 1. The molecule has 25 heavy (non-hydrogen) atoms. The number of hydrogen-bond donors (Lipinski definition) is 1. The van der Waals surface area contributed by atoms with Crippen molar-refractivity contribution in [1.29, 1.82) is 0 Å². The quantitative estimate of drug-likeness (QED) is 0.830. The monoisotopic (exact) mass is 362 g/mol. The predicted molar refractivity (Wildman–Crippen MR) is 95.9 cm³/mol. The first kappa shape index (κ1) is 17.4. The standard InChI is InChI=1S/C18H19FN2O3S/c1-13(22)18-16(19)7-3-8-17(18)20-12-14-5-2-6-15(11-14)21-9-4-10-25(21,23)24/h2-3,5-8,11,20H,4,9-10,12H2,1H3. The van der Waals surface area contributed by atoms with Crippen LogP contribution in [0.3, 0.4) is 0 Å². The average Bonchev–Trinajstić information content (AvgIpc) is 2.92. The van der Waals surface area contributed by atoms with E-state index in [1.54, 1.807) is 24.3 Å². The van der Waals surface area contributed by atoms with Crippen molar-refractivity contribution in [2.45, 2.75) is 19.9 Å². The number of halogens is 1. The lowest BCUT2D eigenvalue weighted by molar-refractivity contribution is 0.101. The lowest BCUT2D eigenvalue weighted by atomic mass is 10.1. The zero-order valence-electron chi connectivity index (χ0n) is 13.8. The van der Waals surface area contributed by atoms with Gasteiger partial charge in [-0.15, -0.1) is 0 Å². The van der Waals surface area contributed by atoms with Gasteiger partial charge in [0.1, 0.15) is 5.82 Å². The van der Waals surface area contributed by atoms with Gasteiger partial charge in [-0.05, 0) is 43.2 Å². The number of Topliss-reactive ketones (excluding diaryl/α,β-unsaturated/α-hetero) is 1. The zero-order valence-corrected chi connectivity index (χ0v) is 14.6.